The monoisotopic (exact) mass is 374 g/mol. The van der Waals surface area contributed by atoms with Crippen molar-refractivity contribution < 1.29 is 19.6 Å². The van der Waals surface area contributed by atoms with Crippen molar-refractivity contribution in [3.05, 3.63) is 68.9 Å². The highest BCUT2D eigenvalue weighted by atomic mass is 35.5. The summed E-state index contributed by atoms with van der Waals surface area (Å²) in [6, 6.07) is 10.8. The molecule has 7 nitrogen and oxygen atoms in total. The smallest absolute Gasteiger partial charge is 0.354 e. The molecule has 0 atom stereocenters. The van der Waals surface area contributed by atoms with E-state index in [9.17, 15) is 20.0 Å². The summed E-state index contributed by atoms with van der Waals surface area (Å²) in [7, 11) is 0. The first-order valence-electron chi connectivity index (χ1n) is 7.83. The Kier molecular flexibility index (Phi) is 4.81. The van der Waals surface area contributed by atoms with E-state index in [0.29, 0.717) is 22.2 Å². The largest absolute Gasteiger partial charge is 0.508 e. The number of nitro groups is 1. The normalized spacial score (nSPS) is 10.8. The standard InChI is InChI=1S/C18H15ClN2O5/c1-2-26-18(23)17-9-12-8-13(22)4-6-15(12)20(17)10-11-3-5-14(19)16(7-11)21(24)25/h3-9,22H,2,10H2,1H3. The summed E-state index contributed by atoms with van der Waals surface area (Å²) in [4.78, 5) is 22.9. The van der Waals surface area contributed by atoms with Crippen molar-refractivity contribution in [1.29, 1.82) is 0 Å². The van der Waals surface area contributed by atoms with Crippen molar-refractivity contribution in [2.75, 3.05) is 6.61 Å². The lowest BCUT2D eigenvalue weighted by Gasteiger charge is -2.11. The van der Waals surface area contributed by atoms with Gasteiger partial charge in [-0.05, 0) is 42.8 Å². The maximum atomic E-state index is 12.3. The molecular weight excluding hydrogens is 360 g/mol. The number of rotatable bonds is 5. The van der Waals surface area contributed by atoms with Crippen LogP contribution in [0.2, 0.25) is 5.02 Å². The van der Waals surface area contributed by atoms with Gasteiger partial charge in [0.25, 0.3) is 5.69 Å². The van der Waals surface area contributed by atoms with Crippen LogP contribution in [0, 0.1) is 10.1 Å². The molecule has 0 aliphatic carbocycles. The molecule has 0 spiro atoms. The molecule has 0 saturated heterocycles. The summed E-state index contributed by atoms with van der Waals surface area (Å²) in [5.41, 5.74) is 1.40. The van der Waals surface area contributed by atoms with Crippen molar-refractivity contribution in [3.8, 4) is 5.75 Å². The van der Waals surface area contributed by atoms with Gasteiger partial charge in [0, 0.05) is 23.5 Å². The molecule has 1 N–H and O–H groups in total. The fourth-order valence-corrected chi connectivity index (χ4v) is 2.97. The zero-order valence-electron chi connectivity index (χ0n) is 13.8. The SMILES string of the molecule is CCOC(=O)c1cc2cc(O)ccc2n1Cc1ccc(Cl)c([N+](=O)[O-])c1. The summed E-state index contributed by atoms with van der Waals surface area (Å²) in [6.07, 6.45) is 0. The van der Waals surface area contributed by atoms with Gasteiger partial charge in [-0.25, -0.2) is 4.79 Å². The topological polar surface area (TPSA) is 94.6 Å². The second-order valence-corrected chi connectivity index (χ2v) is 6.03. The van der Waals surface area contributed by atoms with Crippen LogP contribution in [0.5, 0.6) is 5.75 Å². The molecule has 1 heterocycles. The number of phenols is 1. The fraction of sp³-hybridized carbons (Fsp3) is 0.167. The highest BCUT2D eigenvalue weighted by Crippen LogP contribution is 2.28. The second-order valence-electron chi connectivity index (χ2n) is 5.62. The molecule has 0 bridgehead atoms. The van der Waals surface area contributed by atoms with Gasteiger partial charge in [-0.15, -0.1) is 0 Å². The molecule has 0 aliphatic rings. The van der Waals surface area contributed by atoms with Crippen LogP contribution < -0.4 is 0 Å². The highest BCUT2D eigenvalue weighted by Gasteiger charge is 2.19. The van der Waals surface area contributed by atoms with Gasteiger partial charge in [-0.3, -0.25) is 10.1 Å². The number of fused-ring (bicyclic) bond motifs is 1. The minimum absolute atomic E-state index is 0.0478. The predicted molar refractivity (Wildman–Crippen MR) is 96.8 cm³/mol. The number of hydrogen-bond donors (Lipinski definition) is 1. The summed E-state index contributed by atoms with van der Waals surface area (Å²) in [5, 5.41) is 21.5. The van der Waals surface area contributed by atoms with E-state index in [1.54, 1.807) is 35.8 Å². The minimum atomic E-state index is -0.552. The van der Waals surface area contributed by atoms with E-state index < -0.39 is 10.9 Å². The van der Waals surface area contributed by atoms with Gasteiger partial charge in [0.1, 0.15) is 16.5 Å². The molecule has 134 valence electrons. The van der Waals surface area contributed by atoms with Crippen LogP contribution in [0.4, 0.5) is 5.69 Å². The van der Waals surface area contributed by atoms with Crippen LogP contribution >= 0.6 is 11.6 Å². The van der Waals surface area contributed by atoms with Gasteiger partial charge < -0.3 is 14.4 Å². The van der Waals surface area contributed by atoms with Crippen LogP contribution in [0.15, 0.2) is 42.5 Å². The summed E-state index contributed by atoms with van der Waals surface area (Å²) < 4.78 is 6.79. The number of ether oxygens (including phenoxy) is 1. The van der Waals surface area contributed by atoms with E-state index in [4.69, 9.17) is 16.3 Å². The Morgan fingerprint density at radius 2 is 2.04 bits per heavy atom. The molecule has 3 aromatic rings. The van der Waals surface area contributed by atoms with Crippen molar-refractivity contribution in [2.24, 2.45) is 0 Å². The van der Waals surface area contributed by atoms with Gasteiger partial charge in [-0.2, -0.15) is 0 Å². The number of aromatic nitrogens is 1. The third-order valence-electron chi connectivity index (χ3n) is 3.92. The lowest BCUT2D eigenvalue weighted by Crippen LogP contribution is -2.13. The number of halogens is 1. The van der Waals surface area contributed by atoms with Gasteiger partial charge in [0.2, 0.25) is 0 Å². The number of phenolic OH excluding ortho intramolecular Hbond substituents is 1. The van der Waals surface area contributed by atoms with E-state index in [2.05, 4.69) is 0 Å². The zero-order chi connectivity index (χ0) is 18.8. The van der Waals surface area contributed by atoms with Crippen molar-refractivity contribution in [2.45, 2.75) is 13.5 Å². The molecule has 26 heavy (non-hydrogen) atoms. The Hall–Kier alpha value is -3.06. The number of hydrogen-bond acceptors (Lipinski definition) is 5. The minimum Gasteiger partial charge on any atom is -0.508 e. The van der Waals surface area contributed by atoms with Crippen LogP contribution in [-0.2, 0) is 11.3 Å². The lowest BCUT2D eigenvalue weighted by atomic mass is 10.2. The number of nitro benzene ring substituents is 1. The van der Waals surface area contributed by atoms with Crippen LogP contribution in [-0.4, -0.2) is 27.2 Å². The summed E-state index contributed by atoms with van der Waals surface area (Å²) in [5.74, 6) is -0.432. The fourth-order valence-electron chi connectivity index (χ4n) is 2.78. The molecule has 0 amide bonds. The van der Waals surface area contributed by atoms with Crippen molar-refractivity contribution >= 4 is 34.2 Å². The molecule has 0 saturated carbocycles. The summed E-state index contributed by atoms with van der Waals surface area (Å²) >= 11 is 5.86. The highest BCUT2D eigenvalue weighted by molar-refractivity contribution is 6.32. The van der Waals surface area contributed by atoms with Gasteiger partial charge in [-0.1, -0.05) is 17.7 Å². The van der Waals surface area contributed by atoms with Gasteiger partial charge >= 0.3 is 5.97 Å². The summed E-state index contributed by atoms with van der Waals surface area (Å²) in [6.45, 7) is 2.14. The molecule has 0 radical (unpaired) electrons. The van der Waals surface area contributed by atoms with Crippen LogP contribution in [0.25, 0.3) is 10.9 Å². The maximum Gasteiger partial charge on any atom is 0.354 e. The van der Waals surface area contributed by atoms with E-state index in [0.717, 1.165) is 0 Å². The Morgan fingerprint density at radius 3 is 2.73 bits per heavy atom. The molecule has 1 aromatic heterocycles. The number of nitrogens with zero attached hydrogens (tertiary/aromatic N) is 2. The first-order valence-corrected chi connectivity index (χ1v) is 8.20. The number of carbonyl (C=O) groups is 1. The lowest BCUT2D eigenvalue weighted by molar-refractivity contribution is -0.384. The van der Waals surface area contributed by atoms with Crippen LogP contribution in [0.1, 0.15) is 23.0 Å². The number of carbonyl (C=O) groups excluding carboxylic acids is 1. The molecule has 0 aliphatic heterocycles. The predicted octanol–water partition coefficient (Wildman–Crippen LogP) is 4.13. The number of esters is 1. The second kappa shape index (κ2) is 7.05. The first-order chi connectivity index (χ1) is 12.4. The first kappa shape index (κ1) is 17.8. The third kappa shape index (κ3) is 3.34. The van der Waals surface area contributed by atoms with E-state index in [-0.39, 0.29) is 29.6 Å². The zero-order valence-corrected chi connectivity index (χ0v) is 14.6. The molecule has 8 heteroatoms. The Bertz CT molecular complexity index is 1010. The maximum absolute atomic E-state index is 12.3. The molecular formula is C18H15ClN2O5. The Morgan fingerprint density at radius 1 is 1.27 bits per heavy atom. The molecule has 0 fully saturated rings. The van der Waals surface area contributed by atoms with Gasteiger partial charge in [0.15, 0.2) is 0 Å². The Balaban J connectivity index is 2.11. The van der Waals surface area contributed by atoms with Crippen molar-refractivity contribution in [3.63, 3.8) is 0 Å². The Labute approximate surface area is 153 Å². The van der Waals surface area contributed by atoms with Crippen molar-refractivity contribution in [1.82, 2.24) is 4.57 Å². The molecule has 2 aromatic carbocycles. The van der Waals surface area contributed by atoms with Gasteiger partial charge in [0.05, 0.1) is 11.5 Å². The average Bonchev–Trinajstić information content (AvgIpc) is 2.94. The quantitative estimate of drug-likeness (QED) is 0.411. The van der Waals surface area contributed by atoms with E-state index >= 15 is 0 Å². The number of aromatic hydroxyl groups is 1. The van der Waals surface area contributed by atoms with E-state index in [1.807, 2.05) is 0 Å². The van der Waals surface area contributed by atoms with Crippen LogP contribution in [0.3, 0.4) is 0 Å². The van der Waals surface area contributed by atoms with E-state index in [1.165, 1.54) is 18.2 Å². The molecule has 0 unspecified atom stereocenters. The number of benzene rings is 2. The third-order valence-corrected chi connectivity index (χ3v) is 4.24. The molecule has 3 rings (SSSR count). The average molecular weight is 375 g/mol.